The molecule has 0 saturated heterocycles. The maximum Gasteiger partial charge on any atom is 0.224 e. The summed E-state index contributed by atoms with van der Waals surface area (Å²) in [4.78, 5) is 11.9. The van der Waals surface area contributed by atoms with Gasteiger partial charge in [0.15, 0.2) is 0 Å². The molecule has 0 aliphatic rings. The summed E-state index contributed by atoms with van der Waals surface area (Å²) >= 11 is 0. The summed E-state index contributed by atoms with van der Waals surface area (Å²) in [6, 6.07) is 0. The van der Waals surface area contributed by atoms with Gasteiger partial charge in [-0.05, 0) is 0 Å². The lowest BCUT2D eigenvalue weighted by Gasteiger charge is -2.06. The van der Waals surface area contributed by atoms with E-state index in [0.29, 0.717) is 0 Å². The number of amides is 1. The van der Waals surface area contributed by atoms with E-state index in [2.05, 4.69) is 0 Å². The Hall–Kier alpha value is -0.570. The minimum Gasteiger partial charge on any atom is -0.390 e. The van der Waals surface area contributed by atoms with E-state index < -0.39 is 0 Å². The smallest absolute Gasteiger partial charge is 0.224 e. The molecule has 0 aromatic heterocycles. The van der Waals surface area contributed by atoms with E-state index in [1.165, 1.54) is 4.90 Å². The lowest BCUT2D eigenvalue weighted by atomic mass is 10.4. The number of nitrogens with zero attached hydrogens (tertiary/aromatic N) is 1. The lowest BCUT2D eigenvalue weighted by molar-refractivity contribution is -0.128. The third-order valence-electron chi connectivity index (χ3n) is 0.765. The molecule has 3 nitrogen and oxygen atoms in total. The van der Waals surface area contributed by atoms with Gasteiger partial charge in [-0.2, -0.15) is 0 Å². The molecule has 0 aliphatic carbocycles. The fraction of sp³-hybridized carbons (Fsp3) is 0.600. The van der Waals surface area contributed by atoms with E-state index in [9.17, 15) is 4.79 Å². The number of aliphatic hydroxyl groups excluding tert-OH is 1. The highest BCUT2D eigenvalue weighted by Crippen LogP contribution is 1.86. The van der Waals surface area contributed by atoms with E-state index in [1.54, 1.807) is 14.1 Å². The van der Waals surface area contributed by atoms with Crippen molar-refractivity contribution in [2.75, 3.05) is 14.1 Å². The zero-order chi connectivity index (χ0) is 6.57. The predicted octanol–water partition coefficient (Wildman–Crippen LogP) is -0.00101. The zero-order valence-corrected chi connectivity index (χ0v) is 5.09. The molecule has 0 rings (SSSR count). The molecule has 1 N–H and O–H groups in total. The average molecular weight is 116 g/mol. The second-order valence-electron chi connectivity index (χ2n) is 1.67. The van der Waals surface area contributed by atoms with Gasteiger partial charge in [0.25, 0.3) is 0 Å². The third kappa shape index (κ3) is 2.58. The van der Waals surface area contributed by atoms with Gasteiger partial charge in [0.05, 0.1) is 13.0 Å². The molecule has 8 heavy (non-hydrogen) atoms. The zero-order valence-electron chi connectivity index (χ0n) is 5.09. The summed E-state index contributed by atoms with van der Waals surface area (Å²) in [5, 5.41) is 8.11. The fourth-order valence-corrected chi connectivity index (χ4v) is 0.261. The van der Waals surface area contributed by atoms with Gasteiger partial charge in [0, 0.05) is 14.1 Å². The van der Waals surface area contributed by atoms with Gasteiger partial charge in [-0.1, -0.05) is 0 Å². The van der Waals surface area contributed by atoms with E-state index in [1.807, 2.05) is 0 Å². The maximum absolute atomic E-state index is 10.5. The van der Waals surface area contributed by atoms with Crippen molar-refractivity contribution in [2.24, 2.45) is 0 Å². The molecule has 0 aromatic rings. The molecular formula is C5H10NO2. The van der Waals surface area contributed by atoms with Crippen molar-refractivity contribution >= 4 is 5.91 Å². The molecule has 0 unspecified atom stereocenters. The van der Waals surface area contributed by atoms with Gasteiger partial charge in [0.2, 0.25) is 5.91 Å². The number of rotatable bonds is 2. The second kappa shape index (κ2) is 3.43. The summed E-state index contributed by atoms with van der Waals surface area (Å²) in [5.74, 6) is -0.0903. The second-order valence-corrected chi connectivity index (χ2v) is 1.67. The van der Waals surface area contributed by atoms with Crippen molar-refractivity contribution in [3.63, 3.8) is 0 Å². The van der Waals surface area contributed by atoms with E-state index in [-0.39, 0.29) is 12.3 Å². The van der Waals surface area contributed by atoms with Gasteiger partial charge in [-0.15, -0.1) is 0 Å². The van der Waals surface area contributed by atoms with Gasteiger partial charge in [-0.3, -0.25) is 4.79 Å². The summed E-state index contributed by atoms with van der Waals surface area (Å²) < 4.78 is 0. The van der Waals surface area contributed by atoms with Crippen LogP contribution in [0.1, 0.15) is 6.42 Å². The van der Waals surface area contributed by atoms with Crippen molar-refractivity contribution in [3.05, 3.63) is 6.61 Å². The Labute approximate surface area is 48.9 Å². The van der Waals surface area contributed by atoms with Gasteiger partial charge in [0.1, 0.15) is 0 Å². The van der Waals surface area contributed by atoms with Crippen LogP contribution in [0, 0.1) is 6.61 Å². The number of carbonyl (C=O) groups is 1. The van der Waals surface area contributed by atoms with Gasteiger partial charge >= 0.3 is 0 Å². The van der Waals surface area contributed by atoms with Crippen LogP contribution < -0.4 is 0 Å². The number of hydrogen-bond donors (Lipinski definition) is 1. The normalized spacial score (nSPS) is 8.88. The van der Waals surface area contributed by atoms with Gasteiger partial charge < -0.3 is 10.0 Å². The van der Waals surface area contributed by atoms with Crippen LogP contribution in [0.3, 0.4) is 0 Å². The van der Waals surface area contributed by atoms with E-state index in [4.69, 9.17) is 5.11 Å². The third-order valence-corrected chi connectivity index (χ3v) is 0.765. The first-order valence-electron chi connectivity index (χ1n) is 2.34. The molecule has 0 aliphatic heterocycles. The molecule has 47 valence electrons. The van der Waals surface area contributed by atoms with Crippen LogP contribution in [0.5, 0.6) is 0 Å². The quantitative estimate of drug-likeness (QED) is 0.551. The summed E-state index contributed by atoms with van der Waals surface area (Å²) in [5.41, 5.74) is 0. The molecule has 0 bridgehead atoms. The Kier molecular flexibility index (Phi) is 3.19. The standard InChI is InChI=1S/C5H10NO2/c1-6(2)5(8)3-4-7/h4,7H,3H2,1-2H3. The Morgan fingerprint density at radius 1 is 1.75 bits per heavy atom. The minimum absolute atomic E-state index is 0.0903. The van der Waals surface area contributed by atoms with Crippen LogP contribution in [-0.2, 0) is 4.79 Å². The van der Waals surface area contributed by atoms with Crippen molar-refractivity contribution in [1.82, 2.24) is 4.90 Å². The number of hydrogen-bond acceptors (Lipinski definition) is 2. The van der Waals surface area contributed by atoms with Crippen molar-refractivity contribution in [1.29, 1.82) is 0 Å². The highest BCUT2D eigenvalue weighted by molar-refractivity contribution is 5.76. The SMILES string of the molecule is CN(C)C(=O)C[CH]O. The summed E-state index contributed by atoms with van der Waals surface area (Å²) in [7, 11) is 3.29. The lowest BCUT2D eigenvalue weighted by Crippen LogP contribution is -2.21. The van der Waals surface area contributed by atoms with Crippen LogP contribution in [0.25, 0.3) is 0 Å². The van der Waals surface area contributed by atoms with E-state index >= 15 is 0 Å². The summed E-state index contributed by atoms with van der Waals surface area (Å²) in [6.45, 7) is 0.850. The molecular weight excluding hydrogens is 106 g/mol. The largest absolute Gasteiger partial charge is 0.390 e. The molecule has 1 radical (unpaired) electrons. The average Bonchev–Trinajstić information content (AvgIpc) is 1.67. The maximum atomic E-state index is 10.5. The highest BCUT2D eigenvalue weighted by atomic mass is 16.3. The molecule has 0 aromatic carbocycles. The van der Waals surface area contributed by atoms with Gasteiger partial charge in [-0.25, -0.2) is 0 Å². The molecule has 0 fully saturated rings. The topological polar surface area (TPSA) is 40.5 Å². The summed E-state index contributed by atoms with van der Waals surface area (Å²) in [6.07, 6.45) is 0.104. The predicted molar refractivity (Wildman–Crippen MR) is 29.5 cm³/mol. The highest BCUT2D eigenvalue weighted by Gasteiger charge is 1.99. The molecule has 0 atom stereocenters. The molecule has 1 amide bonds. The molecule has 0 heterocycles. The molecule has 3 heteroatoms. The minimum atomic E-state index is -0.0903. The monoisotopic (exact) mass is 116 g/mol. The Balaban J connectivity index is 3.33. The number of carbonyl (C=O) groups excluding carboxylic acids is 1. The Morgan fingerprint density at radius 3 is 2.38 bits per heavy atom. The van der Waals surface area contributed by atoms with Crippen LogP contribution >= 0.6 is 0 Å². The van der Waals surface area contributed by atoms with Crippen molar-refractivity contribution in [2.45, 2.75) is 6.42 Å². The fourth-order valence-electron chi connectivity index (χ4n) is 0.261. The Bertz CT molecular complexity index is 80.5. The Morgan fingerprint density at radius 2 is 2.25 bits per heavy atom. The number of aliphatic hydroxyl groups is 1. The van der Waals surface area contributed by atoms with Crippen LogP contribution in [-0.4, -0.2) is 30.0 Å². The van der Waals surface area contributed by atoms with Crippen molar-refractivity contribution in [3.8, 4) is 0 Å². The van der Waals surface area contributed by atoms with E-state index in [0.717, 1.165) is 6.61 Å². The van der Waals surface area contributed by atoms with Crippen LogP contribution in [0.15, 0.2) is 0 Å². The van der Waals surface area contributed by atoms with Crippen LogP contribution in [0.4, 0.5) is 0 Å². The first-order chi connectivity index (χ1) is 3.68. The first kappa shape index (κ1) is 7.43. The molecule has 0 spiro atoms. The van der Waals surface area contributed by atoms with Crippen molar-refractivity contribution < 1.29 is 9.90 Å². The first-order valence-corrected chi connectivity index (χ1v) is 2.34. The van der Waals surface area contributed by atoms with Crippen LogP contribution in [0.2, 0.25) is 0 Å². The molecule has 0 saturated carbocycles.